The van der Waals surface area contributed by atoms with E-state index in [0.29, 0.717) is 11.6 Å². The predicted octanol–water partition coefficient (Wildman–Crippen LogP) is 2.31. The zero-order chi connectivity index (χ0) is 12.4. The Morgan fingerprint density at radius 1 is 1.35 bits per heavy atom. The minimum absolute atomic E-state index is 0.113. The maximum absolute atomic E-state index is 5.81. The molecule has 1 unspecified atom stereocenters. The monoisotopic (exact) mass is 249 g/mol. The zero-order valence-corrected chi connectivity index (χ0v) is 10.9. The van der Waals surface area contributed by atoms with Gasteiger partial charge in [0.1, 0.15) is 22.5 Å². The summed E-state index contributed by atoms with van der Waals surface area (Å²) in [5.41, 5.74) is 6.69. The fourth-order valence-electron chi connectivity index (χ4n) is 1.51. The molecule has 2 rings (SSSR count). The van der Waals surface area contributed by atoms with Crippen LogP contribution in [-0.4, -0.2) is 15.0 Å². The first-order valence-corrected chi connectivity index (χ1v) is 6.22. The molecule has 0 radical (unpaired) electrons. The van der Waals surface area contributed by atoms with Gasteiger partial charge in [0.25, 0.3) is 0 Å². The zero-order valence-electron chi connectivity index (χ0n) is 10.1. The summed E-state index contributed by atoms with van der Waals surface area (Å²) in [5, 5.41) is 6.30. The molecule has 0 amide bonds. The maximum Gasteiger partial charge on any atom is 0.135 e. The van der Waals surface area contributed by atoms with Gasteiger partial charge in [-0.1, -0.05) is 0 Å². The lowest BCUT2D eigenvalue weighted by Crippen LogP contribution is -2.11. The van der Waals surface area contributed by atoms with E-state index in [1.54, 1.807) is 17.5 Å². The molecular weight excluding hydrogens is 234 g/mol. The van der Waals surface area contributed by atoms with E-state index in [2.05, 4.69) is 20.3 Å². The van der Waals surface area contributed by atoms with Crippen LogP contribution in [-0.2, 0) is 0 Å². The van der Waals surface area contributed by atoms with E-state index < -0.39 is 0 Å². The van der Waals surface area contributed by atoms with Gasteiger partial charge in [-0.25, -0.2) is 15.0 Å². The molecule has 0 saturated heterocycles. The summed E-state index contributed by atoms with van der Waals surface area (Å²) < 4.78 is 0. The number of nitrogens with one attached hydrogen (secondary N) is 1. The molecule has 0 aliphatic heterocycles. The van der Waals surface area contributed by atoms with Crippen LogP contribution in [0.15, 0.2) is 11.6 Å². The summed E-state index contributed by atoms with van der Waals surface area (Å²) in [6.45, 7) is 5.78. The standard InChI is InChI=1S/C11H15N5S/c1-6-9(12)15-8(3)16-10(6)14-7(2)11-13-4-5-17-11/h4-5,7H,1-3H3,(H3,12,14,15,16). The Balaban J connectivity index is 2.24. The van der Waals surface area contributed by atoms with Crippen molar-refractivity contribution in [1.29, 1.82) is 0 Å². The quantitative estimate of drug-likeness (QED) is 0.872. The van der Waals surface area contributed by atoms with Crippen molar-refractivity contribution in [3.63, 3.8) is 0 Å². The first-order valence-electron chi connectivity index (χ1n) is 5.34. The second-order valence-electron chi connectivity index (χ2n) is 3.87. The molecule has 3 N–H and O–H groups in total. The van der Waals surface area contributed by atoms with Crippen LogP contribution in [0.25, 0.3) is 0 Å². The van der Waals surface area contributed by atoms with Crippen molar-refractivity contribution in [2.45, 2.75) is 26.8 Å². The fraction of sp³-hybridized carbons (Fsp3) is 0.364. The number of aromatic nitrogens is 3. The average molecular weight is 249 g/mol. The summed E-state index contributed by atoms with van der Waals surface area (Å²) in [5.74, 6) is 1.96. The molecule has 0 fully saturated rings. The first kappa shape index (κ1) is 11.8. The third kappa shape index (κ3) is 2.52. The van der Waals surface area contributed by atoms with Crippen molar-refractivity contribution < 1.29 is 0 Å². The summed E-state index contributed by atoms with van der Waals surface area (Å²) in [6, 6.07) is 0.113. The van der Waals surface area contributed by atoms with E-state index in [4.69, 9.17) is 5.73 Å². The van der Waals surface area contributed by atoms with Crippen LogP contribution in [0, 0.1) is 13.8 Å². The summed E-state index contributed by atoms with van der Waals surface area (Å²) in [4.78, 5) is 12.7. The second kappa shape index (κ2) is 4.67. The number of nitrogen functional groups attached to an aromatic ring is 1. The number of hydrogen-bond acceptors (Lipinski definition) is 6. The van der Waals surface area contributed by atoms with Gasteiger partial charge in [-0.2, -0.15) is 0 Å². The van der Waals surface area contributed by atoms with E-state index >= 15 is 0 Å². The molecule has 0 spiro atoms. The molecule has 2 heterocycles. The molecule has 5 nitrogen and oxygen atoms in total. The van der Waals surface area contributed by atoms with Gasteiger partial charge in [-0.05, 0) is 20.8 Å². The minimum Gasteiger partial charge on any atom is -0.383 e. The van der Waals surface area contributed by atoms with Gasteiger partial charge in [0.15, 0.2) is 0 Å². The third-order valence-corrected chi connectivity index (χ3v) is 3.43. The fourth-order valence-corrected chi connectivity index (χ4v) is 2.15. The van der Waals surface area contributed by atoms with Gasteiger partial charge in [-0.3, -0.25) is 0 Å². The average Bonchev–Trinajstić information content (AvgIpc) is 2.78. The lowest BCUT2D eigenvalue weighted by molar-refractivity contribution is 0.851. The first-order chi connectivity index (χ1) is 8.08. The smallest absolute Gasteiger partial charge is 0.135 e. The van der Waals surface area contributed by atoms with Crippen LogP contribution in [0.2, 0.25) is 0 Å². The lowest BCUT2D eigenvalue weighted by Gasteiger charge is -2.15. The largest absolute Gasteiger partial charge is 0.383 e. The second-order valence-corrected chi connectivity index (χ2v) is 4.79. The molecule has 17 heavy (non-hydrogen) atoms. The van der Waals surface area contributed by atoms with Gasteiger partial charge in [0.2, 0.25) is 0 Å². The molecular formula is C11H15N5S. The lowest BCUT2D eigenvalue weighted by atomic mass is 10.2. The van der Waals surface area contributed by atoms with E-state index in [1.165, 1.54) is 0 Å². The number of anilines is 2. The van der Waals surface area contributed by atoms with Gasteiger partial charge < -0.3 is 11.1 Å². The number of rotatable bonds is 3. The molecule has 6 heteroatoms. The Morgan fingerprint density at radius 3 is 2.76 bits per heavy atom. The maximum atomic E-state index is 5.81. The number of thiazole rings is 1. The Hall–Kier alpha value is -1.69. The summed E-state index contributed by atoms with van der Waals surface area (Å²) in [7, 11) is 0. The molecule has 0 aliphatic carbocycles. The van der Waals surface area contributed by atoms with E-state index in [9.17, 15) is 0 Å². The number of aryl methyl sites for hydroxylation is 1. The highest BCUT2D eigenvalue weighted by molar-refractivity contribution is 7.09. The van der Waals surface area contributed by atoms with Crippen LogP contribution in [0.4, 0.5) is 11.6 Å². The Labute approximate surface area is 104 Å². The Morgan fingerprint density at radius 2 is 2.12 bits per heavy atom. The number of hydrogen-bond donors (Lipinski definition) is 2. The highest BCUT2D eigenvalue weighted by Gasteiger charge is 2.12. The third-order valence-electron chi connectivity index (χ3n) is 2.47. The van der Waals surface area contributed by atoms with Crippen LogP contribution in [0.1, 0.15) is 29.4 Å². The molecule has 0 bridgehead atoms. The number of nitrogens with two attached hydrogens (primary N) is 1. The van der Waals surface area contributed by atoms with Crippen molar-refractivity contribution in [2.75, 3.05) is 11.1 Å². The summed E-state index contributed by atoms with van der Waals surface area (Å²) >= 11 is 1.62. The minimum atomic E-state index is 0.113. The molecule has 0 aliphatic rings. The van der Waals surface area contributed by atoms with Crippen LogP contribution in [0.5, 0.6) is 0 Å². The van der Waals surface area contributed by atoms with E-state index in [-0.39, 0.29) is 6.04 Å². The molecule has 0 saturated carbocycles. The molecule has 2 aromatic heterocycles. The van der Waals surface area contributed by atoms with Crippen LogP contribution < -0.4 is 11.1 Å². The molecule has 1 atom stereocenters. The van der Waals surface area contributed by atoms with Crippen LogP contribution in [0.3, 0.4) is 0 Å². The highest BCUT2D eigenvalue weighted by atomic mass is 32.1. The highest BCUT2D eigenvalue weighted by Crippen LogP contribution is 2.23. The SMILES string of the molecule is Cc1nc(N)c(C)c(NC(C)c2nccs2)n1. The van der Waals surface area contributed by atoms with Crippen molar-refractivity contribution in [1.82, 2.24) is 15.0 Å². The van der Waals surface area contributed by atoms with Gasteiger partial charge in [-0.15, -0.1) is 11.3 Å². The van der Waals surface area contributed by atoms with E-state index in [0.717, 1.165) is 16.4 Å². The summed E-state index contributed by atoms with van der Waals surface area (Å²) in [6.07, 6.45) is 1.80. The van der Waals surface area contributed by atoms with Crippen LogP contribution >= 0.6 is 11.3 Å². The van der Waals surface area contributed by atoms with Crippen molar-refractivity contribution in [2.24, 2.45) is 0 Å². The predicted molar refractivity (Wildman–Crippen MR) is 70.1 cm³/mol. The normalized spacial score (nSPS) is 12.4. The van der Waals surface area contributed by atoms with Crippen molar-refractivity contribution in [3.05, 3.63) is 28.0 Å². The van der Waals surface area contributed by atoms with E-state index in [1.807, 2.05) is 26.2 Å². The van der Waals surface area contributed by atoms with Gasteiger partial charge >= 0.3 is 0 Å². The van der Waals surface area contributed by atoms with Crippen molar-refractivity contribution in [3.8, 4) is 0 Å². The van der Waals surface area contributed by atoms with Gasteiger partial charge in [0.05, 0.1) is 6.04 Å². The topological polar surface area (TPSA) is 76.7 Å². The number of nitrogens with zero attached hydrogens (tertiary/aromatic N) is 3. The molecule has 0 aromatic carbocycles. The molecule has 2 aromatic rings. The van der Waals surface area contributed by atoms with Crippen molar-refractivity contribution >= 4 is 23.0 Å². The molecule has 90 valence electrons. The Kier molecular flexibility index (Phi) is 3.23. The Bertz CT molecular complexity index is 509. The van der Waals surface area contributed by atoms with Gasteiger partial charge in [0, 0.05) is 17.1 Å².